The predicted molar refractivity (Wildman–Crippen MR) is 135 cm³/mol. The number of terminal acetylenes is 1. The smallest absolute Gasteiger partial charge is 0.315 e. The van der Waals surface area contributed by atoms with Gasteiger partial charge in [-0.25, -0.2) is 14.5 Å². The van der Waals surface area contributed by atoms with Gasteiger partial charge in [0.1, 0.15) is 11.4 Å². The molecule has 1 fully saturated rings. The summed E-state index contributed by atoms with van der Waals surface area (Å²) in [4.78, 5) is 28.3. The fraction of sp³-hybridized carbons (Fsp3) is 0.423. The largest absolute Gasteiger partial charge is 0.489 e. The SMILES string of the molecule is C#C/C=C\C=C(/C)CNC(=O)NCc1c(-c2ccc(O[C@H]3CCC[C@H](C(=O)O)C3)c(C)n2)nnn1C. The van der Waals surface area contributed by atoms with Crippen LogP contribution in [-0.2, 0) is 18.4 Å². The first-order valence-electron chi connectivity index (χ1n) is 11.8. The maximum absolute atomic E-state index is 12.3. The van der Waals surface area contributed by atoms with Crippen LogP contribution in [0.1, 0.15) is 44.0 Å². The molecule has 0 saturated heterocycles. The normalized spacial score (nSPS) is 18.0. The monoisotopic (exact) mass is 492 g/mol. The van der Waals surface area contributed by atoms with Crippen LogP contribution in [0.3, 0.4) is 0 Å². The first kappa shape index (κ1) is 26.5. The van der Waals surface area contributed by atoms with Crippen molar-refractivity contribution in [2.24, 2.45) is 13.0 Å². The number of carboxylic acids is 1. The van der Waals surface area contributed by atoms with Crippen molar-refractivity contribution in [3.63, 3.8) is 0 Å². The Kier molecular flexibility index (Phi) is 9.22. The van der Waals surface area contributed by atoms with Crippen molar-refractivity contribution in [2.75, 3.05) is 6.54 Å². The molecule has 2 atom stereocenters. The summed E-state index contributed by atoms with van der Waals surface area (Å²) in [7, 11) is 1.75. The van der Waals surface area contributed by atoms with Crippen LogP contribution in [0.5, 0.6) is 5.75 Å². The van der Waals surface area contributed by atoms with Crippen LogP contribution in [0, 0.1) is 25.2 Å². The highest BCUT2D eigenvalue weighted by atomic mass is 16.5. The maximum Gasteiger partial charge on any atom is 0.315 e. The van der Waals surface area contributed by atoms with Gasteiger partial charge < -0.3 is 20.5 Å². The molecule has 3 N–H and O–H groups in total. The molecule has 1 saturated carbocycles. The summed E-state index contributed by atoms with van der Waals surface area (Å²) < 4.78 is 7.70. The van der Waals surface area contributed by atoms with Crippen LogP contribution >= 0.6 is 0 Å². The van der Waals surface area contributed by atoms with Crippen molar-refractivity contribution < 1.29 is 19.4 Å². The number of pyridine rings is 1. The Balaban J connectivity index is 1.62. The number of ether oxygens (including phenoxy) is 1. The van der Waals surface area contributed by atoms with Crippen LogP contribution < -0.4 is 15.4 Å². The average molecular weight is 493 g/mol. The van der Waals surface area contributed by atoms with Gasteiger partial charge in [-0.05, 0) is 57.7 Å². The number of amides is 2. The van der Waals surface area contributed by atoms with Gasteiger partial charge in [-0.2, -0.15) is 0 Å². The van der Waals surface area contributed by atoms with E-state index < -0.39 is 5.97 Å². The van der Waals surface area contributed by atoms with Gasteiger partial charge in [-0.3, -0.25) is 4.79 Å². The summed E-state index contributed by atoms with van der Waals surface area (Å²) in [6.07, 6.45) is 13.0. The number of aromatic nitrogens is 4. The zero-order chi connectivity index (χ0) is 26.1. The zero-order valence-electron chi connectivity index (χ0n) is 20.8. The highest BCUT2D eigenvalue weighted by Gasteiger charge is 2.28. The van der Waals surface area contributed by atoms with Gasteiger partial charge in [-0.15, -0.1) is 11.5 Å². The molecule has 2 amide bonds. The molecule has 190 valence electrons. The molecule has 2 aromatic heterocycles. The van der Waals surface area contributed by atoms with E-state index >= 15 is 0 Å². The zero-order valence-corrected chi connectivity index (χ0v) is 20.8. The maximum atomic E-state index is 12.3. The number of aliphatic carboxylic acids is 1. The van der Waals surface area contributed by atoms with Crippen molar-refractivity contribution >= 4 is 12.0 Å². The summed E-state index contributed by atoms with van der Waals surface area (Å²) in [5.74, 6) is 1.89. The molecule has 3 rings (SSSR count). The minimum absolute atomic E-state index is 0.146. The van der Waals surface area contributed by atoms with E-state index in [9.17, 15) is 14.7 Å². The quantitative estimate of drug-likeness (QED) is 0.362. The van der Waals surface area contributed by atoms with E-state index in [1.807, 2.05) is 26.0 Å². The van der Waals surface area contributed by atoms with Crippen molar-refractivity contribution in [1.29, 1.82) is 0 Å². The van der Waals surface area contributed by atoms with Crippen LogP contribution in [0.4, 0.5) is 4.79 Å². The Bertz CT molecular complexity index is 1190. The topological polar surface area (TPSA) is 131 Å². The molecule has 36 heavy (non-hydrogen) atoms. The molecule has 2 heterocycles. The number of hydrogen-bond acceptors (Lipinski definition) is 6. The molecule has 1 aliphatic rings. The standard InChI is InChI=1S/C26H32N6O4/c1-5-6-7-9-17(2)15-27-26(35)28-16-22-24(30-31-32(22)4)21-12-13-23(18(3)29-21)36-20-11-8-10-19(14-20)25(33)34/h1,6-7,9,12-13,19-20H,8,10-11,14-16H2,2-4H3,(H,33,34)(H2,27,28,35)/b7-6-,17-9+/t19-,20-/m0/s1. The van der Waals surface area contributed by atoms with Crippen molar-refractivity contribution in [2.45, 2.75) is 52.2 Å². The predicted octanol–water partition coefficient (Wildman–Crippen LogP) is 3.14. The Morgan fingerprint density at radius 2 is 2.14 bits per heavy atom. The third-order valence-corrected chi connectivity index (χ3v) is 6.01. The first-order valence-corrected chi connectivity index (χ1v) is 11.8. The Morgan fingerprint density at radius 3 is 2.86 bits per heavy atom. The molecule has 1 aliphatic carbocycles. The number of nitrogens with zero attached hydrogens (tertiary/aromatic N) is 4. The van der Waals surface area contributed by atoms with Gasteiger partial charge >= 0.3 is 12.0 Å². The van der Waals surface area contributed by atoms with E-state index in [0.29, 0.717) is 47.9 Å². The number of carboxylic acid groups (broad SMARTS) is 1. The van der Waals surface area contributed by atoms with E-state index in [1.54, 1.807) is 29.9 Å². The number of urea groups is 1. The Morgan fingerprint density at radius 1 is 1.33 bits per heavy atom. The number of rotatable bonds is 9. The van der Waals surface area contributed by atoms with Crippen LogP contribution in [-0.4, -0.2) is 49.7 Å². The van der Waals surface area contributed by atoms with E-state index in [2.05, 4.69) is 31.9 Å². The summed E-state index contributed by atoms with van der Waals surface area (Å²) >= 11 is 0. The van der Waals surface area contributed by atoms with Crippen LogP contribution in [0.15, 0.2) is 35.9 Å². The molecule has 10 heteroatoms. The van der Waals surface area contributed by atoms with Crippen molar-refractivity contribution in [3.8, 4) is 29.5 Å². The van der Waals surface area contributed by atoms with Crippen molar-refractivity contribution in [3.05, 3.63) is 47.3 Å². The van der Waals surface area contributed by atoms with E-state index in [-0.39, 0.29) is 24.6 Å². The lowest BCUT2D eigenvalue weighted by Gasteiger charge is -2.27. The highest BCUT2D eigenvalue weighted by Crippen LogP contribution is 2.30. The molecular formula is C26H32N6O4. The summed E-state index contributed by atoms with van der Waals surface area (Å²) in [5.41, 5.74) is 3.50. The van der Waals surface area contributed by atoms with E-state index in [4.69, 9.17) is 11.2 Å². The number of hydrogen-bond donors (Lipinski definition) is 3. The molecule has 2 aromatic rings. The third kappa shape index (κ3) is 7.18. The van der Waals surface area contributed by atoms with Crippen LogP contribution in [0.2, 0.25) is 0 Å². The molecule has 0 aromatic carbocycles. The fourth-order valence-corrected chi connectivity index (χ4v) is 4.01. The minimum Gasteiger partial charge on any atom is -0.489 e. The van der Waals surface area contributed by atoms with Crippen molar-refractivity contribution in [1.82, 2.24) is 30.6 Å². The summed E-state index contributed by atoms with van der Waals surface area (Å²) in [6, 6.07) is 3.30. The minimum atomic E-state index is -0.769. The van der Waals surface area contributed by atoms with E-state index in [1.165, 1.54) is 0 Å². The molecule has 0 spiro atoms. The van der Waals surface area contributed by atoms with Gasteiger partial charge in [0.05, 0.1) is 35.6 Å². The molecule has 0 radical (unpaired) electrons. The number of nitrogens with one attached hydrogen (secondary N) is 2. The van der Waals surface area contributed by atoms with Gasteiger partial charge in [0.15, 0.2) is 0 Å². The Labute approximate surface area is 210 Å². The average Bonchev–Trinajstić information content (AvgIpc) is 3.23. The first-order chi connectivity index (χ1) is 17.3. The lowest BCUT2D eigenvalue weighted by molar-refractivity contribution is -0.143. The van der Waals surface area contributed by atoms with Crippen LogP contribution in [0.25, 0.3) is 11.4 Å². The molecule has 0 bridgehead atoms. The van der Waals surface area contributed by atoms with E-state index in [0.717, 1.165) is 18.4 Å². The third-order valence-electron chi connectivity index (χ3n) is 6.01. The lowest BCUT2D eigenvalue weighted by Crippen LogP contribution is -2.36. The molecule has 10 nitrogen and oxygen atoms in total. The molecule has 0 aliphatic heterocycles. The second kappa shape index (κ2) is 12.5. The second-order valence-electron chi connectivity index (χ2n) is 8.81. The Hall–Kier alpha value is -4.13. The van der Waals surface area contributed by atoms with Gasteiger partial charge in [0.2, 0.25) is 0 Å². The number of allylic oxidation sites excluding steroid dienone is 3. The fourth-order valence-electron chi connectivity index (χ4n) is 4.01. The summed E-state index contributed by atoms with van der Waals surface area (Å²) in [6.45, 7) is 4.33. The molecular weight excluding hydrogens is 460 g/mol. The second-order valence-corrected chi connectivity index (χ2v) is 8.81. The lowest BCUT2D eigenvalue weighted by atomic mass is 9.87. The van der Waals surface area contributed by atoms with Gasteiger partial charge in [-0.1, -0.05) is 28.9 Å². The highest BCUT2D eigenvalue weighted by molar-refractivity contribution is 5.74. The molecule has 0 unspecified atom stereocenters. The summed E-state index contributed by atoms with van der Waals surface area (Å²) in [5, 5.41) is 23.3. The number of carbonyl (C=O) groups is 2. The number of aryl methyl sites for hydroxylation is 2. The van der Waals surface area contributed by atoms with Gasteiger partial charge in [0, 0.05) is 13.6 Å². The van der Waals surface area contributed by atoms with Gasteiger partial charge in [0.25, 0.3) is 0 Å². The number of carbonyl (C=O) groups excluding carboxylic acids is 1.